The molecule has 0 aromatic heterocycles. The lowest BCUT2D eigenvalue weighted by molar-refractivity contribution is -0.119. The molecular formula is C15H10Br2Cl3N3O. The minimum atomic E-state index is -0.315. The molecule has 2 aromatic carbocycles. The monoisotopic (exact) mass is 511 g/mol. The zero-order valence-corrected chi connectivity index (χ0v) is 17.4. The Kier molecular flexibility index (Phi) is 7.37. The molecule has 0 saturated heterocycles. The molecule has 0 saturated carbocycles. The molecule has 0 heterocycles. The van der Waals surface area contributed by atoms with Crippen molar-refractivity contribution in [2.24, 2.45) is 5.10 Å². The molecule has 2 N–H and O–H groups in total. The zero-order chi connectivity index (χ0) is 17.7. The van der Waals surface area contributed by atoms with E-state index in [0.717, 1.165) is 14.6 Å². The van der Waals surface area contributed by atoms with Crippen molar-refractivity contribution in [3.05, 3.63) is 59.9 Å². The molecule has 0 atom stereocenters. The van der Waals surface area contributed by atoms with Crippen LogP contribution in [0.1, 0.15) is 5.56 Å². The molecule has 2 aromatic rings. The van der Waals surface area contributed by atoms with Gasteiger partial charge in [-0.2, -0.15) is 5.10 Å². The summed E-state index contributed by atoms with van der Waals surface area (Å²) in [6.07, 6.45) is 1.45. The SMILES string of the molecule is O=C(CNc1c(Br)cc(Cl)cc1Br)NN=Cc1ccc(Cl)cc1Cl. The second-order valence-electron chi connectivity index (χ2n) is 4.56. The van der Waals surface area contributed by atoms with Crippen LogP contribution in [-0.2, 0) is 4.79 Å². The van der Waals surface area contributed by atoms with Crippen LogP contribution in [0.15, 0.2) is 44.4 Å². The van der Waals surface area contributed by atoms with Crippen molar-refractivity contribution < 1.29 is 4.79 Å². The van der Waals surface area contributed by atoms with Crippen molar-refractivity contribution in [3.63, 3.8) is 0 Å². The van der Waals surface area contributed by atoms with Crippen LogP contribution in [0.5, 0.6) is 0 Å². The van der Waals surface area contributed by atoms with Gasteiger partial charge in [-0.05, 0) is 56.1 Å². The lowest BCUT2D eigenvalue weighted by Gasteiger charge is -2.10. The third-order valence-corrected chi connectivity index (χ3v) is 4.82. The highest BCUT2D eigenvalue weighted by atomic mass is 79.9. The summed E-state index contributed by atoms with van der Waals surface area (Å²) in [6, 6.07) is 8.46. The lowest BCUT2D eigenvalue weighted by Crippen LogP contribution is -2.26. The first-order chi connectivity index (χ1) is 11.4. The molecule has 0 radical (unpaired) electrons. The number of hydrazone groups is 1. The summed E-state index contributed by atoms with van der Waals surface area (Å²) in [5, 5.41) is 8.42. The summed E-state index contributed by atoms with van der Waals surface area (Å²) >= 11 is 24.5. The Labute approximate surface area is 170 Å². The molecule has 0 aliphatic heterocycles. The topological polar surface area (TPSA) is 53.5 Å². The summed E-state index contributed by atoms with van der Waals surface area (Å²) in [5.41, 5.74) is 3.79. The van der Waals surface area contributed by atoms with Gasteiger partial charge in [-0.25, -0.2) is 5.43 Å². The Balaban J connectivity index is 1.91. The summed E-state index contributed by atoms with van der Waals surface area (Å²) in [6.45, 7) is 0.0323. The maximum absolute atomic E-state index is 11.8. The number of hydrogen-bond donors (Lipinski definition) is 2. The van der Waals surface area contributed by atoms with Crippen LogP contribution in [-0.4, -0.2) is 18.7 Å². The average molecular weight is 514 g/mol. The average Bonchev–Trinajstić information content (AvgIpc) is 2.48. The minimum absolute atomic E-state index is 0.0323. The maximum Gasteiger partial charge on any atom is 0.259 e. The van der Waals surface area contributed by atoms with Crippen LogP contribution in [0.25, 0.3) is 0 Å². The number of nitrogens with one attached hydrogen (secondary N) is 2. The number of nitrogens with zero attached hydrogens (tertiary/aromatic N) is 1. The number of anilines is 1. The smallest absolute Gasteiger partial charge is 0.259 e. The largest absolute Gasteiger partial charge is 0.374 e. The van der Waals surface area contributed by atoms with E-state index in [9.17, 15) is 4.79 Å². The molecule has 0 aliphatic rings. The number of carbonyl (C=O) groups excluding carboxylic acids is 1. The summed E-state index contributed by atoms with van der Waals surface area (Å²) in [4.78, 5) is 11.8. The highest BCUT2D eigenvalue weighted by Crippen LogP contribution is 2.33. The number of amides is 1. The number of hydrogen-bond acceptors (Lipinski definition) is 3. The van der Waals surface area contributed by atoms with E-state index in [0.29, 0.717) is 20.6 Å². The van der Waals surface area contributed by atoms with Gasteiger partial charge in [0.25, 0.3) is 5.91 Å². The standard InChI is InChI=1S/C15H10Br2Cl3N3O/c16-11-3-10(19)4-12(17)15(11)21-7-14(24)23-22-6-8-1-2-9(18)5-13(8)20/h1-6,21H,7H2,(H,23,24). The van der Waals surface area contributed by atoms with Gasteiger partial charge < -0.3 is 5.32 Å². The predicted octanol–water partition coefficient (Wildman–Crippen LogP) is 5.73. The van der Waals surface area contributed by atoms with E-state index >= 15 is 0 Å². The van der Waals surface area contributed by atoms with Gasteiger partial charge in [0.1, 0.15) is 0 Å². The van der Waals surface area contributed by atoms with E-state index in [4.69, 9.17) is 34.8 Å². The fraction of sp³-hybridized carbons (Fsp3) is 0.0667. The van der Waals surface area contributed by atoms with Crippen molar-refractivity contribution in [1.29, 1.82) is 0 Å². The Morgan fingerprint density at radius 3 is 2.38 bits per heavy atom. The van der Waals surface area contributed by atoms with Crippen LogP contribution >= 0.6 is 66.7 Å². The Morgan fingerprint density at radius 2 is 1.75 bits per heavy atom. The molecule has 0 unspecified atom stereocenters. The van der Waals surface area contributed by atoms with Crippen LogP contribution < -0.4 is 10.7 Å². The summed E-state index contributed by atoms with van der Waals surface area (Å²) in [7, 11) is 0. The van der Waals surface area contributed by atoms with Gasteiger partial charge in [0.05, 0.1) is 23.5 Å². The molecule has 24 heavy (non-hydrogen) atoms. The van der Waals surface area contributed by atoms with Crippen LogP contribution in [0.3, 0.4) is 0 Å². The summed E-state index contributed by atoms with van der Waals surface area (Å²) < 4.78 is 1.48. The summed E-state index contributed by atoms with van der Waals surface area (Å²) in [5.74, 6) is -0.315. The maximum atomic E-state index is 11.8. The van der Waals surface area contributed by atoms with E-state index in [2.05, 4.69) is 47.7 Å². The molecule has 0 fully saturated rings. The molecule has 0 spiro atoms. The molecule has 4 nitrogen and oxygen atoms in total. The predicted molar refractivity (Wildman–Crippen MR) is 108 cm³/mol. The van der Waals surface area contributed by atoms with Crippen molar-refractivity contribution in [1.82, 2.24) is 5.43 Å². The fourth-order valence-electron chi connectivity index (χ4n) is 1.70. The first kappa shape index (κ1) is 19.5. The molecule has 0 aliphatic carbocycles. The van der Waals surface area contributed by atoms with Gasteiger partial charge in [-0.15, -0.1) is 0 Å². The normalized spacial score (nSPS) is 10.9. The Hall–Kier alpha value is -0.790. The van der Waals surface area contributed by atoms with E-state index in [1.54, 1.807) is 30.3 Å². The second-order valence-corrected chi connectivity index (χ2v) is 7.55. The second kappa shape index (κ2) is 9.06. The van der Waals surface area contributed by atoms with Gasteiger partial charge in [0, 0.05) is 24.6 Å². The number of benzene rings is 2. The van der Waals surface area contributed by atoms with Gasteiger partial charge in [-0.1, -0.05) is 40.9 Å². The number of carbonyl (C=O) groups is 1. The van der Waals surface area contributed by atoms with Crippen molar-refractivity contribution in [2.75, 3.05) is 11.9 Å². The quantitative estimate of drug-likeness (QED) is 0.396. The third kappa shape index (κ3) is 5.63. The van der Waals surface area contributed by atoms with Crippen molar-refractivity contribution in [2.45, 2.75) is 0 Å². The highest BCUT2D eigenvalue weighted by Gasteiger charge is 2.08. The van der Waals surface area contributed by atoms with E-state index in [1.807, 2.05) is 0 Å². The van der Waals surface area contributed by atoms with E-state index < -0.39 is 0 Å². The molecule has 2 rings (SSSR count). The Morgan fingerprint density at radius 1 is 1.08 bits per heavy atom. The number of halogens is 5. The Bertz CT molecular complexity index is 777. The molecule has 126 valence electrons. The molecule has 0 bridgehead atoms. The number of rotatable bonds is 5. The van der Waals surface area contributed by atoms with Gasteiger partial charge in [-0.3, -0.25) is 4.79 Å². The van der Waals surface area contributed by atoms with Crippen LogP contribution in [0.4, 0.5) is 5.69 Å². The highest BCUT2D eigenvalue weighted by molar-refractivity contribution is 9.11. The van der Waals surface area contributed by atoms with E-state index in [1.165, 1.54) is 6.21 Å². The fourth-order valence-corrected chi connectivity index (χ4v) is 4.11. The van der Waals surface area contributed by atoms with Gasteiger partial charge >= 0.3 is 0 Å². The molecule has 9 heteroatoms. The zero-order valence-electron chi connectivity index (χ0n) is 11.9. The first-order valence-corrected chi connectivity index (χ1v) is 9.24. The third-order valence-electron chi connectivity index (χ3n) is 2.79. The van der Waals surface area contributed by atoms with Crippen molar-refractivity contribution in [3.8, 4) is 0 Å². The van der Waals surface area contributed by atoms with Crippen LogP contribution in [0, 0.1) is 0 Å². The van der Waals surface area contributed by atoms with Gasteiger partial charge in [0.2, 0.25) is 0 Å². The molecule has 1 amide bonds. The molecular weight excluding hydrogens is 504 g/mol. The van der Waals surface area contributed by atoms with Crippen molar-refractivity contribution >= 4 is 84.5 Å². The van der Waals surface area contributed by atoms with Crippen LogP contribution in [0.2, 0.25) is 15.1 Å². The lowest BCUT2D eigenvalue weighted by atomic mass is 10.2. The van der Waals surface area contributed by atoms with Gasteiger partial charge in [0.15, 0.2) is 0 Å². The van der Waals surface area contributed by atoms with E-state index in [-0.39, 0.29) is 12.5 Å². The minimum Gasteiger partial charge on any atom is -0.374 e. The first-order valence-electron chi connectivity index (χ1n) is 6.52.